The average Bonchev–Trinajstić information content (AvgIpc) is 2.86. The van der Waals surface area contributed by atoms with E-state index in [9.17, 15) is 22.4 Å². The summed E-state index contributed by atoms with van der Waals surface area (Å²) in [5, 5.41) is 2.94. The molecular formula is C32H40FN3O4S. The third-order valence-corrected chi connectivity index (χ3v) is 8.32. The summed E-state index contributed by atoms with van der Waals surface area (Å²) in [6.07, 6.45) is 0.295. The number of anilines is 1. The molecule has 41 heavy (non-hydrogen) atoms. The van der Waals surface area contributed by atoms with Crippen LogP contribution in [-0.2, 0) is 26.2 Å². The normalized spacial score (nSPS) is 12.5. The lowest BCUT2D eigenvalue weighted by atomic mass is 10.1. The largest absolute Gasteiger partial charge is 0.350 e. The van der Waals surface area contributed by atoms with Gasteiger partial charge in [-0.25, -0.2) is 12.8 Å². The van der Waals surface area contributed by atoms with Gasteiger partial charge in [0, 0.05) is 12.1 Å². The van der Waals surface area contributed by atoms with E-state index in [2.05, 4.69) is 5.32 Å². The molecule has 9 heteroatoms. The molecule has 1 atom stereocenters. The Morgan fingerprint density at radius 1 is 0.878 bits per heavy atom. The maximum absolute atomic E-state index is 14.1. The van der Waals surface area contributed by atoms with E-state index in [1.54, 1.807) is 43.3 Å². The number of benzene rings is 3. The molecule has 0 aliphatic heterocycles. The smallest absolute Gasteiger partial charge is 0.264 e. The summed E-state index contributed by atoms with van der Waals surface area (Å²) in [6, 6.07) is 16.6. The number of carbonyl (C=O) groups excluding carboxylic acids is 2. The number of amides is 2. The molecule has 0 aliphatic carbocycles. The van der Waals surface area contributed by atoms with Crippen LogP contribution >= 0.6 is 0 Å². The van der Waals surface area contributed by atoms with Crippen molar-refractivity contribution in [1.82, 2.24) is 10.2 Å². The number of carbonyl (C=O) groups is 2. The molecule has 3 aromatic rings. The first-order valence-electron chi connectivity index (χ1n) is 13.6. The zero-order chi connectivity index (χ0) is 30.5. The summed E-state index contributed by atoms with van der Waals surface area (Å²) in [5.41, 5.74) is 3.01. The number of halogens is 1. The third kappa shape index (κ3) is 8.39. The van der Waals surface area contributed by atoms with Crippen molar-refractivity contribution in [2.24, 2.45) is 0 Å². The van der Waals surface area contributed by atoms with E-state index < -0.39 is 39.9 Å². The number of aryl methyl sites for hydroxylation is 3. The first-order chi connectivity index (χ1) is 19.1. The van der Waals surface area contributed by atoms with Crippen molar-refractivity contribution in [3.05, 3.63) is 94.8 Å². The predicted molar refractivity (Wildman–Crippen MR) is 161 cm³/mol. The molecule has 0 aliphatic rings. The number of hydrogen-bond acceptors (Lipinski definition) is 4. The third-order valence-electron chi connectivity index (χ3n) is 6.53. The zero-order valence-electron chi connectivity index (χ0n) is 24.9. The summed E-state index contributed by atoms with van der Waals surface area (Å²) in [4.78, 5) is 29.0. The van der Waals surface area contributed by atoms with Crippen LogP contribution in [0.5, 0.6) is 0 Å². The van der Waals surface area contributed by atoms with Gasteiger partial charge in [0.2, 0.25) is 11.8 Å². The fourth-order valence-corrected chi connectivity index (χ4v) is 6.02. The molecule has 0 radical (unpaired) electrons. The first kappa shape index (κ1) is 31.8. The molecule has 0 fully saturated rings. The van der Waals surface area contributed by atoms with Gasteiger partial charge in [-0.2, -0.15) is 0 Å². The van der Waals surface area contributed by atoms with Crippen LogP contribution < -0.4 is 9.62 Å². The number of rotatable bonds is 10. The molecule has 0 spiro atoms. The van der Waals surface area contributed by atoms with Crippen molar-refractivity contribution in [3.8, 4) is 0 Å². The molecule has 0 saturated carbocycles. The van der Waals surface area contributed by atoms with E-state index >= 15 is 0 Å². The number of nitrogens with zero attached hydrogens (tertiary/aromatic N) is 2. The molecule has 0 unspecified atom stereocenters. The number of sulfonamides is 1. The highest BCUT2D eigenvalue weighted by Gasteiger charge is 2.34. The van der Waals surface area contributed by atoms with Crippen LogP contribution in [0.3, 0.4) is 0 Å². The van der Waals surface area contributed by atoms with Gasteiger partial charge in [-0.15, -0.1) is 0 Å². The van der Waals surface area contributed by atoms with Crippen molar-refractivity contribution in [3.63, 3.8) is 0 Å². The molecule has 0 aromatic heterocycles. The van der Waals surface area contributed by atoms with E-state index in [0.29, 0.717) is 17.7 Å². The topological polar surface area (TPSA) is 86.8 Å². The molecule has 0 heterocycles. The van der Waals surface area contributed by atoms with Crippen LogP contribution in [0.25, 0.3) is 0 Å². The van der Waals surface area contributed by atoms with Crippen molar-refractivity contribution in [1.29, 1.82) is 0 Å². The van der Waals surface area contributed by atoms with Gasteiger partial charge in [-0.05, 0) is 101 Å². The molecule has 0 bridgehead atoms. The molecule has 7 nitrogen and oxygen atoms in total. The zero-order valence-corrected chi connectivity index (χ0v) is 25.7. The summed E-state index contributed by atoms with van der Waals surface area (Å²) in [6.45, 7) is 12.4. The van der Waals surface area contributed by atoms with E-state index in [1.807, 2.05) is 47.6 Å². The van der Waals surface area contributed by atoms with Crippen LogP contribution in [0, 0.1) is 26.6 Å². The standard InChI is InChI=1S/C32H40FN3O4S/c1-8-29(31(38)34-32(5,6)7)35(20-25-11-13-26(33)14-12-25)30(37)21-36(27-18-23(3)17-24(4)19-27)41(39,40)28-15-9-22(2)10-16-28/h9-19,29H,8,20-21H2,1-7H3,(H,34,38)/t29-/m1/s1. The highest BCUT2D eigenvalue weighted by atomic mass is 32.2. The minimum Gasteiger partial charge on any atom is -0.350 e. The Kier molecular flexibility index (Phi) is 9.97. The minimum atomic E-state index is -4.16. The molecule has 3 rings (SSSR count). The van der Waals surface area contributed by atoms with E-state index in [-0.39, 0.29) is 17.3 Å². The Labute approximate surface area is 243 Å². The molecule has 3 aromatic carbocycles. The molecule has 2 amide bonds. The van der Waals surface area contributed by atoms with Gasteiger partial charge >= 0.3 is 0 Å². The molecule has 1 N–H and O–H groups in total. The predicted octanol–water partition coefficient (Wildman–Crippen LogP) is 5.67. The van der Waals surface area contributed by atoms with Gasteiger partial charge < -0.3 is 10.2 Å². The fourth-order valence-electron chi connectivity index (χ4n) is 4.62. The lowest BCUT2D eigenvalue weighted by Crippen LogP contribution is -2.55. The maximum atomic E-state index is 14.1. The van der Waals surface area contributed by atoms with Gasteiger partial charge in [0.25, 0.3) is 10.0 Å². The summed E-state index contributed by atoms with van der Waals surface area (Å²) >= 11 is 0. The fraction of sp³-hybridized carbons (Fsp3) is 0.375. The Hall–Kier alpha value is -3.72. The van der Waals surface area contributed by atoms with Crippen LogP contribution in [0.4, 0.5) is 10.1 Å². The lowest BCUT2D eigenvalue weighted by Gasteiger charge is -2.35. The highest BCUT2D eigenvalue weighted by Crippen LogP contribution is 2.27. The average molecular weight is 582 g/mol. The van der Waals surface area contributed by atoms with E-state index in [0.717, 1.165) is 21.0 Å². The minimum absolute atomic E-state index is 0.000444. The monoisotopic (exact) mass is 581 g/mol. The second kappa shape index (κ2) is 12.9. The lowest BCUT2D eigenvalue weighted by molar-refractivity contribution is -0.141. The van der Waals surface area contributed by atoms with Gasteiger partial charge in [-0.1, -0.05) is 42.8 Å². The van der Waals surface area contributed by atoms with Gasteiger partial charge in [0.1, 0.15) is 18.4 Å². The molecular weight excluding hydrogens is 541 g/mol. The summed E-state index contributed by atoms with van der Waals surface area (Å²) < 4.78 is 42.8. The molecule has 220 valence electrons. The summed E-state index contributed by atoms with van der Waals surface area (Å²) in [7, 11) is -4.16. The van der Waals surface area contributed by atoms with Crippen LogP contribution in [0.15, 0.2) is 71.6 Å². The van der Waals surface area contributed by atoms with Crippen LogP contribution in [-0.4, -0.2) is 43.3 Å². The van der Waals surface area contributed by atoms with Crippen molar-refractivity contribution in [2.45, 2.75) is 77.9 Å². The maximum Gasteiger partial charge on any atom is 0.264 e. The summed E-state index contributed by atoms with van der Waals surface area (Å²) in [5.74, 6) is -1.33. The van der Waals surface area contributed by atoms with E-state index in [4.69, 9.17) is 0 Å². The Bertz CT molecular complexity index is 1460. The Morgan fingerprint density at radius 2 is 1.44 bits per heavy atom. The van der Waals surface area contributed by atoms with Gasteiger partial charge in [0.15, 0.2) is 0 Å². The highest BCUT2D eigenvalue weighted by molar-refractivity contribution is 7.92. The number of hydrogen-bond donors (Lipinski definition) is 1. The quantitative estimate of drug-likeness (QED) is 0.334. The van der Waals surface area contributed by atoms with Gasteiger partial charge in [0.05, 0.1) is 10.6 Å². The number of nitrogens with one attached hydrogen (secondary N) is 1. The van der Waals surface area contributed by atoms with Crippen molar-refractivity contribution in [2.75, 3.05) is 10.8 Å². The first-order valence-corrected chi connectivity index (χ1v) is 15.1. The second-order valence-corrected chi connectivity index (χ2v) is 13.3. The van der Waals surface area contributed by atoms with Crippen LogP contribution in [0.2, 0.25) is 0 Å². The van der Waals surface area contributed by atoms with Crippen molar-refractivity contribution >= 4 is 27.5 Å². The Balaban J connectivity index is 2.10. The van der Waals surface area contributed by atoms with Gasteiger partial charge in [-0.3, -0.25) is 13.9 Å². The second-order valence-electron chi connectivity index (χ2n) is 11.5. The molecule has 0 saturated heterocycles. The van der Waals surface area contributed by atoms with Crippen LogP contribution in [0.1, 0.15) is 56.4 Å². The Morgan fingerprint density at radius 3 is 1.95 bits per heavy atom. The van der Waals surface area contributed by atoms with Crippen molar-refractivity contribution < 1.29 is 22.4 Å². The SMILES string of the molecule is CC[C@H](C(=O)NC(C)(C)C)N(Cc1ccc(F)cc1)C(=O)CN(c1cc(C)cc(C)c1)S(=O)(=O)c1ccc(C)cc1. The van der Waals surface area contributed by atoms with E-state index in [1.165, 1.54) is 29.2 Å².